The van der Waals surface area contributed by atoms with Gasteiger partial charge in [-0.2, -0.15) is 0 Å². The van der Waals surface area contributed by atoms with Gasteiger partial charge in [-0.1, -0.05) is 88.2 Å². The van der Waals surface area contributed by atoms with Gasteiger partial charge < -0.3 is 62.2 Å². The fourth-order valence-electron chi connectivity index (χ4n) is 9.40. The molecule has 2 fully saturated rings. The summed E-state index contributed by atoms with van der Waals surface area (Å²) < 4.78 is 5.93. The predicted molar refractivity (Wildman–Crippen MR) is 269 cm³/mol. The fraction of sp³-hybridized carbons (Fsp3) is 0.566. The maximum absolute atomic E-state index is 15.1. The number of hydrogen-bond acceptors (Lipinski definition) is 13. The maximum Gasteiger partial charge on any atom is 0.329 e. The number of carbonyl (C=O) groups is 9. The van der Waals surface area contributed by atoms with E-state index in [0.29, 0.717) is 30.4 Å². The van der Waals surface area contributed by atoms with E-state index in [9.17, 15) is 53.7 Å². The lowest BCUT2D eigenvalue weighted by Gasteiger charge is -2.43. The number of esters is 1. The van der Waals surface area contributed by atoms with Crippen LogP contribution in [0.1, 0.15) is 109 Å². The molecule has 21 nitrogen and oxygen atoms in total. The number of nitrogens with one attached hydrogen (secondary N) is 5. The van der Waals surface area contributed by atoms with Crippen molar-refractivity contribution in [3.05, 3.63) is 77.9 Å². The lowest BCUT2D eigenvalue weighted by atomic mass is 9.88. The molecule has 10 N–H and O–H groups in total. The third-order valence-corrected chi connectivity index (χ3v) is 13.8. The zero-order valence-corrected chi connectivity index (χ0v) is 42.9. The van der Waals surface area contributed by atoms with Crippen LogP contribution in [0.3, 0.4) is 0 Å². The number of fused-ring (bicyclic) bond motifs is 2. The summed E-state index contributed by atoms with van der Waals surface area (Å²) in [6.07, 6.45) is 1.22. The highest BCUT2D eigenvalue weighted by atomic mass is 16.5. The Morgan fingerprint density at radius 3 is 2.11 bits per heavy atom. The van der Waals surface area contributed by atoms with Crippen LogP contribution in [0.2, 0.25) is 0 Å². The Balaban J connectivity index is 1.63. The maximum atomic E-state index is 15.1. The number of piperidine rings is 1. The number of carbonyl (C=O) groups excluding carboxylic acids is 9. The Hall–Kier alpha value is -6.87. The molecule has 0 saturated carbocycles. The molecule has 0 spiro atoms. The van der Waals surface area contributed by atoms with E-state index in [1.54, 1.807) is 68.5 Å². The number of amides is 8. The van der Waals surface area contributed by atoms with Gasteiger partial charge in [-0.3, -0.25) is 38.4 Å². The number of aliphatic hydroxyl groups is 2. The third kappa shape index (κ3) is 16.3. The molecule has 2 bridgehead atoms. The highest BCUT2D eigenvalue weighted by Crippen LogP contribution is 2.27. The van der Waals surface area contributed by atoms with E-state index in [1.807, 2.05) is 6.92 Å². The average Bonchev–Trinajstić information content (AvgIpc) is 3.36. The topological polar surface area (TPSA) is 316 Å². The summed E-state index contributed by atoms with van der Waals surface area (Å²) in [7, 11) is 1.36. The minimum atomic E-state index is -1.80. The number of aliphatic hydroxyl groups excluding tert-OH is 2. The van der Waals surface area contributed by atoms with Crippen molar-refractivity contribution >= 4 is 53.2 Å². The van der Waals surface area contributed by atoms with Crippen LogP contribution in [-0.4, -0.2) is 146 Å². The molecule has 11 atom stereocenters. The van der Waals surface area contributed by atoms with Gasteiger partial charge in [0.25, 0.3) is 0 Å². The molecule has 2 aromatic carbocycles. The van der Waals surface area contributed by atoms with Gasteiger partial charge >= 0.3 is 5.97 Å². The second-order valence-corrected chi connectivity index (χ2v) is 19.9. The number of nitrogens with two attached hydrogens (primary N) is 1. The van der Waals surface area contributed by atoms with Crippen molar-refractivity contribution in [1.29, 1.82) is 0 Å². The molecule has 3 aliphatic rings. The lowest BCUT2D eigenvalue weighted by molar-refractivity contribution is -0.165. The van der Waals surface area contributed by atoms with Crippen LogP contribution >= 0.6 is 0 Å². The molecule has 0 aromatic heterocycles. The molecule has 8 amide bonds. The number of aromatic hydroxyl groups is 1. The number of primary amides is 1. The first-order chi connectivity index (χ1) is 35.2. The molecule has 21 heteroatoms. The summed E-state index contributed by atoms with van der Waals surface area (Å²) in [4.78, 5) is 130. The fourth-order valence-corrected chi connectivity index (χ4v) is 9.40. The standard InChI is InChI=1S/C53H74N8O13/c1-6-7-9-14-43(65)55-37(23-25-42(54)64)47(67)59-46-31(4)74-53(73)45(30(2)3)58-49(69)40(28-34-17-21-36(63)22-18-34)60(5)52(72)41(29-32-12-10-8-11-13-32)61-44(66)26-24-38(51(61)71)56-48(68)39(57-50(46)70)27-33-15-19-35(62)20-16-33/h8,10-13,15,17-19,21-22,30-31,33,35,37-41,44-46,62-63,66H,6-7,9,14,16,20,23-29H2,1-5H3,(H2,54,64)(H,55,65)(H,56,68)(H,57,70)(H,58,69)(H,59,67). The summed E-state index contributed by atoms with van der Waals surface area (Å²) in [5.74, 6) is -8.67. The highest BCUT2D eigenvalue weighted by Gasteiger charge is 2.46. The molecule has 74 heavy (non-hydrogen) atoms. The largest absolute Gasteiger partial charge is 0.508 e. The Kier molecular flexibility index (Phi) is 21.5. The van der Waals surface area contributed by atoms with Gasteiger partial charge in [0.1, 0.15) is 60.4 Å². The van der Waals surface area contributed by atoms with E-state index in [4.69, 9.17) is 10.5 Å². The number of nitrogens with zero attached hydrogens (tertiary/aromatic N) is 2. The predicted octanol–water partition coefficient (Wildman–Crippen LogP) is 0.902. The van der Waals surface area contributed by atoms with Crippen LogP contribution in [0.5, 0.6) is 5.75 Å². The number of rotatable bonds is 17. The van der Waals surface area contributed by atoms with Crippen LogP contribution < -0.4 is 32.3 Å². The SMILES string of the molecule is CCCCCC(=O)NC(CCC(N)=O)C(=O)NC1C(=O)NC(CC2C=CC(O)CC2)C(=O)NC2CCC(O)N(C2=O)C(Cc2ccccc2)C(=O)N(C)C(Cc2ccc(O)cc2)C(=O)NC(C(C)C)C(=O)OC1C. The van der Waals surface area contributed by atoms with Crippen LogP contribution in [-0.2, 0) is 60.7 Å². The summed E-state index contributed by atoms with van der Waals surface area (Å²) in [5, 5.41) is 45.3. The Labute approximate surface area is 431 Å². The number of benzene rings is 2. The normalized spacial score (nSPS) is 26.9. The van der Waals surface area contributed by atoms with Gasteiger partial charge in [0.15, 0.2) is 0 Å². The molecule has 404 valence electrons. The minimum absolute atomic E-state index is 0.0597. The molecule has 0 radical (unpaired) electrons. The zero-order valence-electron chi connectivity index (χ0n) is 42.9. The monoisotopic (exact) mass is 1030 g/mol. The van der Waals surface area contributed by atoms with E-state index in [0.717, 1.165) is 22.6 Å². The van der Waals surface area contributed by atoms with Crippen LogP contribution in [0.25, 0.3) is 0 Å². The first-order valence-corrected chi connectivity index (χ1v) is 25.6. The number of hydrogen-bond donors (Lipinski definition) is 9. The molecule has 11 unspecified atom stereocenters. The molecule has 2 aliphatic heterocycles. The van der Waals surface area contributed by atoms with Crippen molar-refractivity contribution in [2.24, 2.45) is 17.6 Å². The van der Waals surface area contributed by atoms with Crippen molar-refractivity contribution in [1.82, 2.24) is 36.4 Å². The van der Waals surface area contributed by atoms with Crippen LogP contribution in [0.15, 0.2) is 66.7 Å². The lowest BCUT2D eigenvalue weighted by Crippen LogP contribution is -2.65. The summed E-state index contributed by atoms with van der Waals surface area (Å²) in [6.45, 7) is 6.49. The molecule has 2 aromatic rings. The van der Waals surface area contributed by atoms with Crippen LogP contribution in [0, 0.1) is 11.8 Å². The Morgan fingerprint density at radius 1 is 0.797 bits per heavy atom. The van der Waals surface area contributed by atoms with Crippen molar-refractivity contribution in [2.75, 3.05) is 7.05 Å². The number of phenolic OH excluding ortho intramolecular Hbond substituents is 1. The molecule has 5 rings (SSSR count). The smallest absolute Gasteiger partial charge is 0.329 e. The average molecular weight is 1030 g/mol. The quantitative estimate of drug-likeness (QED) is 0.0605. The first kappa shape index (κ1) is 58.0. The number of allylic oxidation sites excluding steroid dienone is 1. The Bertz CT molecular complexity index is 2330. The van der Waals surface area contributed by atoms with E-state index in [-0.39, 0.29) is 63.0 Å². The highest BCUT2D eigenvalue weighted by molar-refractivity contribution is 5.98. The number of ether oxygens (including phenoxy) is 1. The number of cyclic esters (lactones) is 1. The molecular formula is C53H74N8O13. The minimum Gasteiger partial charge on any atom is -0.508 e. The number of unbranched alkanes of at least 4 members (excludes halogenated alkanes) is 2. The van der Waals surface area contributed by atoms with E-state index in [2.05, 4.69) is 26.6 Å². The van der Waals surface area contributed by atoms with Crippen molar-refractivity contribution in [2.45, 2.75) is 172 Å². The summed E-state index contributed by atoms with van der Waals surface area (Å²) in [5.41, 5.74) is 6.54. The zero-order chi connectivity index (χ0) is 54.2. The van der Waals surface area contributed by atoms with Gasteiger partial charge in [-0.05, 0) is 87.0 Å². The first-order valence-electron chi connectivity index (χ1n) is 25.6. The molecular weight excluding hydrogens is 957 g/mol. The molecule has 2 heterocycles. The van der Waals surface area contributed by atoms with Gasteiger partial charge in [0.2, 0.25) is 47.3 Å². The van der Waals surface area contributed by atoms with E-state index >= 15 is 4.79 Å². The second kappa shape index (κ2) is 27.4. The summed E-state index contributed by atoms with van der Waals surface area (Å²) >= 11 is 0. The third-order valence-electron chi connectivity index (χ3n) is 13.8. The van der Waals surface area contributed by atoms with E-state index < -0.39 is 120 Å². The van der Waals surface area contributed by atoms with Gasteiger partial charge in [-0.25, -0.2) is 4.79 Å². The van der Waals surface area contributed by atoms with Crippen LogP contribution in [0.4, 0.5) is 0 Å². The van der Waals surface area contributed by atoms with Crippen molar-refractivity contribution < 1.29 is 63.2 Å². The van der Waals surface area contributed by atoms with Gasteiger partial charge in [-0.15, -0.1) is 0 Å². The number of likely N-dealkylation sites (N-methyl/N-ethyl adjacent to an activating group) is 1. The number of phenols is 1. The van der Waals surface area contributed by atoms with Crippen molar-refractivity contribution in [3.8, 4) is 5.75 Å². The van der Waals surface area contributed by atoms with Gasteiger partial charge in [0.05, 0.1) is 6.10 Å². The summed E-state index contributed by atoms with van der Waals surface area (Å²) in [6, 6.07) is 4.36. The Morgan fingerprint density at radius 2 is 1.47 bits per heavy atom. The molecule has 1 aliphatic carbocycles. The second-order valence-electron chi connectivity index (χ2n) is 19.9. The van der Waals surface area contributed by atoms with E-state index in [1.165, 1.54) is 26.1 Å². The van der Waals surface area contributed by atoms with Gasteiger partial charge in [0, 0.05) is 32.7 Å². The molecule has 2 saturated heterocycles. The van der Waals surface area contributed by atoms with Crippen molar-refractivity contribution in [3.63, 3.8) is 0 Å².